The Morgan fingerprint density at radius 2 is 2.00 bits per heavy atom. The van der Waals surface area contributed by atoms with E-state index in [0.717, 1.165) is 37.2 Å². The molecular weight excluding hydrogens is 274 g/mol. The fourth-order valence-corrected chi connectivity index (χ4v) is 2.89. The van der Waals surface area contributed by atoms with Crippen LogP contribution >= 0.6 is 11.6 Å². The minimum absolute atomic E-state index is 0.487. The zero-order valence-corrected chi connectivity index (χ0v) is 12.2. The molecule has 1 saturated carbocycles. The van der Waals surface area contributed by atoms with Gasteiger partial charge in [0.15, 0.2) is 0 Å². The monoisotopic (exact) mass is 291 g/mol. The van der Waals surface area contributed by atoms with Crippen LogP contribution in [-0.4, -0.2) is 10.1 Å². The summed E-state index contributed by atoms with van der Waals surface area (Å²) in [5.74, 6) is 1.76. The quantitative estimate of drug-likeness (QED) is 0.915. The van der Waals surface area contributed by atoms with Crippen LogP contribution < -0.4 is 5.73 Å². The van der Waals surface area contributed by atoms with Crippen molar-refractivity contribution < 1.29 is 4.52 Å². The molecule has 106 valence electrons. The predicted octanol–water partition coefficient (Wildman–Crippen LogP) is 3.75. The molecule has 2 aromatic rings. The maximum absolute atomic E-state index is 6.44. The summed E-state index contributed by atoms with van der Waals surface area (Å²) < 4.78 is 5.41. The summed E-state index contributed by atoms with van der Waals surface area (Å²) in [6.07, 6.45) is 3.97. The molecule has 1 fully saturated rings. The molecule has 0 bridgehead atoms. The minimum Gasteiger partial charge on any atom is -0.337 e. The summed E-state index contributed by atoms with van der Waals surface area (Å²) in [6.45, 7) is 2.25. The maximum atomic E-state index is 6.44. The van der Waals surface area contributed by atoms with Crippen molar-refractivity contribution in [2.45, 2.75) is 38.1 Å². The zero-order chi connectivity index (χ0) is 14.2. The van der Waals surface area contributed by atoms with Gasteiger partial charge in [0.2, 0.25) is 11.7 Å². The summed E-state index contributed by atoms with van der Waals surface area (Å²) in [4.78, 5) is 4.47. The van der Waals surface area contributed by atoms with Crippen LogP contribution in [0.2, 0.25) is 5.02 Å². The van der Waals surface area contributed by atoms with Crippen LogP contribution in [0.1, 0.15) is 38.5 Å². The van der Waals surface area contributed by atoms with Crippen molar-refractivity contribution in [3.63, 3.8) is 0 Å². The molecule has 3 rings (SSSR count). The van der Waals surface area contributed by atoms with Gasteiger partial charge in [0.1, 0.15) is 0 Å². The van der Waals surface area contributed by atoms with Gasteiger partial charge in [-0.1, -0.05) is 35.8 Å². The Labute approximate surface area is 123 Å². The molecule has 0 aliphatic heterocycles. The number of nitrogens with zero attached hydrogens (tertiary/aromatic N) is 2. The van der Waals surface area contributed by atoms with Crippen molar-refractivity contribution in [1.29, 1.82) is 0 Å². The molecule has 20 heavy (non-hydrogen) atoms. The van der Waals surface area contributed by atoms with Gasteiger partial charge in [0, 0.05) is 5.56 Å². The van der Waals surface area contributed by atoms with Crippen LogP contribution in [0.15, 0.2) is 28.8 Å². The van der Waals surface area contributed by atoms with Gasteiger partial charge in [0.05, 0.1) is 10.6 Å². The molecule has 2 N–H and O–H groups in total. The van der Waals surface area contributed by atoms with E-state index in [1.165, 1.54) is 0 Å². The number of halogens is 1. The topological polar surface area (TPSA) is 64.9 Å². The molecule has 1 heterocycles. The molecule has 0 amide bonds. The average Bonchev–Trinajstić information content (AvgIpc) is 2.93. The first-order valence-corrected chi connectivity index (χ1v) is 7.34. The standard InChI is InChI=1S/C15H18ClN3O/c1-10-6-8-15(17,9-7-10)14-18-13(19-20-14)11-4-2-3-5-12(11)16/h2-5,10H,6-9,17H2,1H3. The van der Waals surface area contributed by atoms with Crippen LogP contribution in [-0.2, 0) is 5.54 Å². The van der Waals surface area contributed by atoms with Crippen LogP contribution in [0.3, 0.4) is 0 Å². The number of rotatable bonds is 2. The number of hydrogen-bond donors (Lipinski definition) is 1. The van der Waals surface area contributed by atoms with E-state index >= 15 is 0 Å². The van der Waals surface area contributed by atoms with Gasteiger partial charge < -0.3 is 10.3 Å². The van der Waals surface area contributed by atoms with Gasteiger partial charge in [-0.2, -0.15) is 4.98 Å². The molecule has 0 saturated heterocycles. The molecule has 4 nitrogen and oxygen atoms in total. The maximum Gasteiger partial charge on any atom is 0.247 e. The van der Waals surface area contributed by atoms with E-state index in [0.29, 0.717) is 16.7 Å². The van der Waals surface area contributed by atoms with Crippen LogP contribution in [0.25, 0.3) is 11.4 Å². The van der Waals surface area contributed by atoms with Crippen molar-refractivity contribution in [1.82, 2.24) is 10.1 Å². The van der Waals surface area contributed by atoms with Gasteiger partial charge in [0.25, 0.3) is 0 Å². The summed E-state index contributed by atoms with van der Waals surface area (Å²) in [7, 11) is 0. The third kappa shape index (κ3) is 2.45. The molecular formula is C15H18ClN3O. The summed E-state index contributed by atoms with van der Waals surface area (Å²) >= 11 is 6.15. The second-order valence-electron chi connectivity index (χ2n) is 5.74. The van der Waals surface area contributed by atoms with Gasteiger partial charge in [-0.15, -0.1) is 0 Å². The lowest BCUT2D eigenvalue weighted by molar-refractivity contribution is 0.190. The van der Waals surface area contributed by atoms with Gasteiger partial charge in [-0.3, -0.25) is 0 Å². The molecule has 0 atom stereocenters. The normalized spacial score (nSPS) is 26.6. The van der Waals surface area contributed by atoms with Crippen LogP contribution in [0.4, 0.5) is 0 Å². The molecule has 1 aliphatic rings. The highest BCUT2D eigenvalue weighted by molar-refractivity contribution is 6.33. The largest absolute Gasteiger partial charge is 0.337 e. The Bertz CT molecular complexity index is 603. The van der Waals surface area contributed by atoms with Crippen molar-refractivity contribution in [2.75, 3.05) is 0 Å². The first-order valence-electron chi connectivity index (χ1n) is 6.96. The first kappa shape index (κ1) is 13.6. The smallest absolute Gasteiger partial charge is 0.247 e. The van der Waals surface area contributed by atoms with Crippen molar-refractivity contribution in [3.05, 3.63) is 35.2 Å². The Hall–Kier alpha value is -1.39. The van der Waals surface area contributed by atoms with Crippen molar-refractivity contribution in [2.24, 2.45) is 11.7 Å². The lowest BCUT2D eigenvalue weighted by Crippen LogP contribution is -2.40. The van der Waals surface area contributed by atoms with E-state index in [-0.39, 0.29) is 0 Å². The molecule has 0 radical (unpaired) electrons. The summed E-state index contributed by atoms with van der Waals surface area (Å²) in [5.41, 5.74) is 6.73. The van der Waals surface area contributed by atoms with E-state index in [1.54, 1.807) is 0 Å². The van der Waals surface area contributed by atoms with Gasteiger partial charge in [-0.25, -0.2) is 0 Å². The fraction of sp³-hybridized carbons (Fsp3) is 0.467. The summed E-state index contributed by atoms with van der Waals surface area (Å²) in [5, 5.41) is 4.65. The Morgan fingerprint density at radius 3 is 2.70 bits per heavy atom. The molecule has 1 aliphatic carbocycles. The SMILES string of the molecule is CC1CCC(N)(c2nc(-c3ccccc3Cl)no2)CC1. The van der Waals surface area contributed by atoms with Crippen molar-refractivity contribution in [3.8, 4) is 11.4 Å². The second-order valence-corrected chi connectivity index (χ2v) is 6.15. The van der Waals surface area contributed by atoms with Crippen molar-refractivity contribution >= 4 is 11.6 Å². The molecule has 0 spiro atoms. The first-order chi connectivity index (χ1) is 9.58. The Kier molecular flexibility index (Phi) is 3.52. The highest BCUT2D eigenvalue weighted by Crippen LogP contribution is 2.37. The minimum atomic E-state index is -0.487. The van der Waals surface area contributed by atoms with Gasteiger partial charge in [-0.05, 0) is 43.7 Å². The number of nitrogens with two attached hydrogens (primary N) is 1. The molecule has 1 aromatic carbocycles. The Balaban J connectivity index is 1.89. The highest BCUT2D eigenvalue weighted by Gasteiger charge is 2.37. The van der Waals surface area contributed by atoms with E-state index in [4.69, 9.17) is 21.9 Å². The molecule has 1 aromatic heterocycles. The predicted molar refractivity (Wildman–Crippen MR) is 78.2 cm³/mol. The average molecular weight is 292 g/mol. The van der Waals surface area contributed by atoms with E-state index in [1.807, 2.05) is 24.3 Å². The summed E-state index contributed by atoms with van der Waals surface area (Å²) in [6, 6.07) is 7.47. The van der Waals surface area contributed by atoms with E-state index < -0.39 is 5.54 Å². The zero-order valence-electron chi connectivity index (χ0n) is 11.5. The van der Waals surface area contributed by atoms with Gasteiger partial charge >= 0.3 is 0 Å². The fourth-order valence-electron chi connectivity index (χ4n) is 2.67. The number of aromatic nitrogens is 2. The van der Waals surface area contributed by atoms with E-state index in [9.17, 15) is 0 Å². The molecule has 0 unspecified atom stereocenters. The van der Waals surface area contributed by atoms with E-state index in [2.05, 4.69) is 17.1 Å². The van der Waals surface area contributed by atoms with Crippen LogP contribution in [0.5, 0.6) is 0 Å². The second kappa shape index (κ2) is 5.19. The number of hydrogen-bond acceptors (Lipinski definition) is 4. The number of benzene rings is 1. The third-order valence-corrected chi connectivity index (χ3v) is 4.46. The van der Waals surface area contributed by atoms with Crippen LogP contribution in [0, 0.1) is 5.92 Å². The lowest BCUT2D eigenvalue weighted by Gasteiger charge is -2.32. The third-order valence-electron chi connectivity index (χ3n) is 4.13. The molecule has 5 heteroatoms. The lowest BCUT2D eigenvalue weighted by atomic mass is 9.78. The highest BCUT2D eigenvalue weighted by atomic mass is 35.5. The Morgan fingerprint density at radius 1 is 1.30 bits per heavy atom.